The molecule has 0 aliphatic carbocycles. The van der Waals surface area contributed by atoms with E-state index in [4.69, 9.17) is 9.47 Å². The number of aryl methyl sites for hydroxylation is 1. The van der Waals surface area contributed by atoms with Gasteiger partial charge < -0.3 is 14.4 Å². The van der Waals surface area contributed by atoms with E-state index in [1.165, 1.54) is 6.20 Å². The van der Waals surface area contributed by atoms with Gasteiger partial charge in [-0.2, -0.15) is 22.0 Å². The normalized spacial score (nSPS) is 15.6. The van der Waals surface area contributed by atoms with Gasteiger partial charge in [-0.15, -0.1) is 0 Å². The standard InChI is InChI=1S/C26H33N7O4S/c1-4-38-11-10-37-21-13-22(28-15-20(21)14-27)29-26(35)33-7-5-6-18-12-19(25(36-3)30-24(18)33)16-32-9-8-31(2)17-23(32)34/h12-13,15H,4-11,16-17H2,1-3H3,(H,28,29,35). The smallest absolute Gasteiger partial charge is 0.328 e. The van der Waals surface area contributed by atoms with Crippen molar-refractivity contribution in [1.82, 2.24) is 19.8 Å². The molecule has 2 aromatic rings. The highest BCUT2D eigenvalue weighted by Crippen LogP contribution is 2.32. The fraction of sp³-hybridized carbons (Fsp3) is 0.500. The first kappa shape index (κ1) is 27.5. The zero-order valence-electron chi connectivity index (χ0n) is 22.0. The van der Waals surface area contributed by atoms with Crippen molar-refractivity contribution in [2.75, 3.05) is 68.7 Å². The number of carbonyl (C=O) groups excluding carboxylic acids is 2. The second-order valence-electron chi connectivity index (χ2n) is 9.10. The molecule has 2 aromatic heterocycles. The number of aromatic nitrogens is 2. The Labute approximate surface area is 227 Å². The molecule has 4 heterocycles. The maximum absolute atomic E-state index is 13.3. The van der Waals surface area contributed by atoms with Gasteiger partial charge >= 0.3 is 6.03 Å². The Bertz CT molecular complexity index is 1220. The summed E-state index contributed by atoms with van der Waals surface area (Å²) < 4.78 is 11.3. The van der Waals surface area contributed by atoms with Crippen molar-refractivity contribution >= 4 is 35.3 Å². The van der Waals surface area contributed by atoms with Gasteiger partial charge in [0.05, 0.1) is 33.0 Å². The average molecular weight is 540 g/mol. The lowest BCUT2D eigenvalue weighted by Gasteiger charge is -2.33. The van der Waals surface area contributed by atoms with Crippen molar-refractivity contribution < 1.29 is 19.1 Å². The van der Waals surface area contributed by atoms with Gasteiger partial charge in [0, 0.05) is 37.0 Å². The lowest BCUT2D eigenvalue weighted by Crippen LogP contribution is -2.48. The molecule has 38 heavy (non-hydrogen) atoms. The Morgan fingerprint density at radius 2 is 2.13 bits per heavy atom. The minimum absolute atomic E-state index is 0.0712. The first-order valence-electron chi connectivity index (χ1n) is 12.7. The van der Waals surface area contributed by atoms with Crippen LogP contribution in [0.5, 0.6) is 11.6 Å². The van der Waals surface area contributed by atoms with E-state index in [-0.39, 0.29) is 17.8 Å². The number of carbonyl (C=O) groups is 2. The van der Waals surface area contributed by atoms with Gasteiger partial charge in [0.25, 0.3) is 0 Å². The summed E-state index contributed by atoms with van der Waals surface area (Å²) in [6, 6.07) is 5.26. The van der Waals surface area contributed by atoms with E-state index in [1.54, 1.807) is 29.8 Å². The number of methoxy groups -OCH3 is 1. The maximum atomic E-state index is 13.3. The number of anilines is 2. The van der Waals surface area contributed by atoms with Gasteiger partial charge in [0.15, 0.2) is 0 Å². The minimum atomic E-state index is -0.382. The number of amides is 3. The van der Waals surface area contributed by atoms with Gasteiger partial charge in [-0.3, -0.25) is 19.9 Å². The number of nitrogens with zero attached hydrogens (tertiary/aromatic N) is 6. The molecule has 202 valence electrons. The van der Waals surface area contributed by atoms with Crippen molar-refractivity contribution in [1.29, 1.82) is 5.26 Å². The predicted molar refractivity (Wildman–Crippen MR) is 146 cm³/mol. The van der Waals surface area contributed by atoms with Crippen molar-refractivity contribution in [2.45, 2.75) is 26.3 Å². The van der Waals surface area contributed by atoms with E-state index >= 15 is 0 Å². The fourth-order valence-electron chi connectivity index (χ4n) is 4.45. The highest BCUT2D eigenvalue weighted by atomic mass is 32.2. The van der Waals surface area contributed by atoms with Gasteiger partial charge in [0.1, 0.15) is 29.0 Å². The molecule has 0 aromatic carbocycles. The Kier molecular flexibility index (Phi) is 9.25. The molecule has 2 aliphatic rings. The molecular formula is C26H33N7O4S. The van der Waals surface area contributed by atoms with Crippen LogP contribution in [0.25, 0.3) is 0 Å². The van der Waals surface area contributed by atoms with Crippen LogP contribution in [0.1, 0.15) is 30.0 Å². The molecule has 1 saturated heterocycles. The molecule has 0 bridgehead atoms. The first-order chi connectivity index (χ1) is 18.4. The number of urea groups is 1. The monoisotopic (exact) mass is 539 g/mol. The first-order valence-corrected chi connectivity index (χ1v) is 13.8. The maximum Gasteiger partial charge on any atom is 0.328 e. The number of pyridine rings is 2. The lowest BCUT2D eigenvalue weighted by atomic mass is 10.0. The SMILES string of the molecule is CCSCCOc1cc(NC(=O)N2CCCc3cc(CN4CCN(C)CC4=O)c(OC)nc32)ncc1C#N. The summed E-state index contributed by atoms with van der Waals surface area (Å²) in [6.07, 6.45) is 2.93. The average Bonchev–Trinajstić information content (AvgIpc) is 2.92. The summed E-state index contributed by atoms with van der Waals surface area (Å²) in [4.78, 5) is 40.1. The third-order valence-electron chi connectivity index (χ3n) is 6.42. The Hall–Kier alpha value is -3.56. The second kappa shape index (κ2) is 12.8. The van der Waals surface area contributed by atoms with Crippen LogP contribution in [-0.2, 0) is 17.8 Å². The zero-order valence-corrected chi connectivity index (χ0v) is 22.8. The Morgan fingerprint density at radius 3 is 2.87 bits per heavy atom. The quantitative estimate of drug-likeness (QED) is 0.479. The van der Waals surface area contributed by atoms with Gasteiger partial charge in [-0.1, -0.05) is 6.92 Å². The summed E-state index contributed by atoms with van der Waals surface area (Å²) in [5.41, 5.74) is 2.06. The molecule has 1 fully saturated rings. The summed E-state index contributed by atoms with van der Waals surface area (Å²) >= 11 is 1.74. The molecule has 0 unspecified atom stereocenters. The molecule has 0 atom stereocenters. The van der Waals surface area contributed by atoms with E-state index < -0.39 is 0 Å². The highest BCUT2D eigenvalue weighted by molar-refractivity contribution is 7.99. The van der Waals surface area contributed by atoms with Crippen molar-refractivity contribution in [3.63, 3.8) is 0 Å². The van der Waals surface area contributed by atoms with Gasteiger partial charge in [-0.25, -0.2) is 9.78 Å². The van der Waals surface area contributed by atoms with Crippen molar-refractivity contribution in [2.24, 2.45) is 0 Å². The van der Waals surface area contributed by atoms with Crippen LogP contribution in [0.2, 0.25) is 0 Å². The Balaban J connectivity index is 1.51. The van der Waals surface area contributed by atoms with Crippen LogP contribution in [0, 0.1) is 11.3 Å². The number of hydrogen-bond acceptors (Lipinski definition) is 9. The van der Waals surface area contributed by atoms with E-state index in [0.29, 0.717) is 55.8 Å². The highest BCUT2D eigenvalue weighted by Gasteiger charge is 2.28. The summed E-state index contributed by atoms with van der Waals surface area (Å²) in [5, 5.41) is 12.2. The molecular weight excluding hydrogens is 506 g/mol. The number of nitrogens with one attached hydrogen (secondary N) is 1. The molecule has 4 rings (SSSR count). The van der Waals surface area contributed by atoms with Crippen LogP contribution in [0.4, 0.5) is 16.4 Å². The molecule has 3 amide bonds. The van der Waals surface area contributed by atoms with Gasteiger partial charge in [0.2, 0.25) is 11.8 Å². The van der Waals surface area contributed by atoms with Crippen LogP contribution < -0.4 is 19.7 Å². The number of hydrogen-bond donors (Lipinski definition) is 1. The van der Waals surface area contributed by atoms with E-state index in [9.17, 15) is 14.9 Å². The summed E-state index contributed by atoms with van der Waals surface area (Å²) in [5.74, 6) is 3.45. The molecule has 0 saturated carbocycles. The number of fused-ring (bicyclic) bond motifs is 1. The van der Waals surface area contributed by atoms with Gasteiger partial charge in [-0.05, 0) is 37.3 Å². The number of thioether (sulfide) groups is 1. The van der Waals surface area contributed by atoms with E-state index in [2.05, 4.69) is 28.3 Å². The largest absolute Gasteiger partial charge is 0.491 e. The number of likely N-dealkylation sites (N-methyl/N-ethyl adjacent to an activating group) is 1. The molecule has 2 aliphatic heterocycles. The van der Waals surface area contributed by atoms with Crippen LogP contribution in [-0.4, -0.2) is 90.2 Å². The molecule has 0 spiro atoms. The van der Waals surface area contributed by atoms with Crippen LogP contribution in [0.15, 0.2) is 18.3 Å². The Morgan fingerprint density at radius 1 is 1.29 bits per heavy atom. The number of rotatable bonds is 9. The molecule has 0 radical (unpaired) electrons. The third-order valence-corrected chi connectivity index (χ3v) is 7.28. The number of piperazine rings is 1. The van der Waals surface area contributed by atoms with E-state index in [0.717, 1.165) is 42.0 Å². The topological polar surface area (TPSA) is 124 Å². The van der Waals surface area contributed by atoms with Crippen LogP contribution >= 0.6 is 11.8 Å². The number of ether oxygens (including phenoxy) is 2. The second-order valence-corrected chi connectivity index (χ2v) is 10.5. The summed E-state index contributed by atoms with van der Waals surface area (Å²) in [7, 11) is 3.47. The third kappa shape index (κ3) is 6.46. The fourth-order valence-corrected chi connectivity index (χ4v) is 4.94. The lowest BCUT2D eigenvalue weighted by molar-refractivity contribution is -0.136. The summed E-state index contributed by atoms with van der Waals surface area (Å²) in [6.45, 7) is 5.28. The number of nitriles is 1. The molecule has 11 nitrogen and oxygen atoms in total. The van der Waals surface area contributed by atoms with E-state index in [1.807, 2.05) is 22.9 Å². The minimum Gasteiger partial charge on any atom is -0.491 e. The molecule has 1 N–H and O–H groups in total. The van der Waals surface area contributed by atoms with Crippen LogP contribution in [0.3, 0.4) is 0 Å². The predicted octanol–water partition coefficient (Wildman–Crippen LogP) is 2.75. The zero-order chi connectivity index (χ0) is 27.1. The molecule has 12 heteroatoms. The van der Waals surface area contributed by atoms with Crippen molar-refractivity contribution in [3.8, 4) is 17.7 Å². The van der Waals surface area contributed by atoms with Crippen molar-refractivity contribution in [3.05, 3.63) is 35.0 Å².